The average molecular weight is 281 g/mol. The number of carbonyl (C=O) groups is 1. The van der Waals surface area contributed by atoms with E-state index in [2.05, 4.69) is 10.5 Å². The highest BCUT2D eigenvalue weighted by Gasteiger charge is 2.24. The highest BCUT2D eigenvalue weighted by molar-refractivity contribution is 6.31. The number of halogens is 1. The molecular formula is C14H17ClN2O2. The third-order valence-corrected chi connectivity index (χ3v) is 3.45. The van der Waals surface area contributed by atoms with Crippen LogP contribution in [-0.2, 0) is 4.79 Å². The second-order valence-corrected chi connectivity index (χ2v) is 5.17. The van der Waals surface area contributed by atoms with Gasteiger partial charge in [-0.3, -0.25) is 4.79 Å². The number of amides is 1. The van der Waals surface area contributed by atoms with Crippen LogP contribution in [-0.4, -0.2) is 18.2 Å². The lowest BCUT2D eigenvalue weighted by atomic mass is 10.2. The van der Waals surface area contributed by atoms with Crippen molar-refractivity contribution in [2.75, 3.05) is 6.61 Å². The SMILES string of the molecule is C/C(=N\NC(=O)COc1ccc(Cl)c(C)c1)C1CC1. The maximum atomic E-state index is 11.5. The molecule has 0 aliphatic heterocycles. The molecule has 0 heterocycles. The first-order valence-corrected chi connectivity index (χ1v) is 6.66. The van der Waals surface area contributed by atoms with E-state index in [1.54, 1.807) is 18.2 Å². The molecule has 0 unspecified atom stereocenters. The van der Waals surface area contributed by atoms with E-state index in [0.717, 1.165) is 11.3 Å². The highest BCUT2D eigenvalue weighted by atomic mass is 35.5. The monoisotopic (exact) mass is 280 g/mol. The van der Waals surface area contributed by atoms with Gasteiger partial charge < -0.3 is 4.74 Å². The van der Waals surface area contributed by atoms with Crippen molar-refractivity contribution < 1.29 is 9.53 Å². The van der Waals surface area contributed by atoms with Crippen LogP contribution >= 0.6 is 11.6 Å². The van der Waals surface area contributed by atoms with Gasteiger partial charge in [-0.1, -0.05) is 11.6 Å². The zero-order valence-electron chi connectivity index (χ0n) is 11.1. The predicted octanol–water partition coefficient (Wildman–Crippen LogP) is 2.93. The summed E-state index contributed by atoms with van der Waals surface area (Å²) in [7, 11) is 0. The molecule has 1 aliphatic carbocycles. The smallest absolute Gasteiger partial charge is 0.277 e. The van der Waals surface area contributed by atoms with E-state index in [4.69, 9.17) is 16.3 Å². The van der Waals surface area contributed by atoms with Crippen LogP contribution in [0.2, 0.25) is 5.02 Å². The van der Waals surface area contributed by atoms with Crippen molar-refractivity contribution in [3.8, 4) is 5.75 Å². The molecule has 19 heavy (non-hydrogen) atoms. The van der Waals surface area contributed by atoms with Crippen molar-refractivity contribution >= 4 is 23.2 Å². The molecule has 1 fully saturated rings. The van der Waals surface area contributed by atoms with Gasteiger partial charge in [-0.2, -0.15) is 5.10 Å². The summed E-state index contributed by atoms with van der Waals surface area (Å²) >= 11 is 5.91. The lowest BCUT2D eigenvalue weighted by Gasteiger charge is -2.07. The lowest BCUT2D eigenvalue weighted by molar-refractivity contribution is -0.123. The van der Waals surface area contributed by atoms with Gasteiger partial charge in [-0.05, 0) is 56.4 Å². The summed E-state index contributed by atoms with van der Waals surface area (Å²) in [6, 6.07) is 5.29. The minimum atomic E-state index is -0.257. The van der Waals surface area contributed by atoms with Crippen LogP contribution in [0.4, 0.5) is 0 Å². The molecule has 102 valence electrons. The number of carbonyl (C=O) groups excluding carboxylic acids is 1. The third kappa shape index (κ3) is 4.24. The second-order valence-electron chi connectivity index (χ2n) is 4.76. The molecule has 0 aromatic heterocycles. The largest absolute Gasteiger partial charge is 0.484 e. The van der Waals surface area contributed by atoms with Crippen LogP contribution < -0.4 is 10.2 Å². The molecule has 0 saturated heterocycles. The molecule has 2 rings (SSSR count). The lowest BCUT2D eigenvalue weighted by Crippen LogP contribution is -2.25. The number of hydrogen-bond acceptors (Lipinski definition) is 3. The summed E-state index contributed by atoms with van der Waals surface area (Å²) in [5.74, 6) is 0.924. The number of ether oxygens (including phenoxy) is 1. The standard InChI is InChI=1S/C14H17ClN2O2/c1-9-7-12(5-6-13(9)15)19-8-14(18)17-16-10(2)11-3-4-11/h5-7,11H,3-4,8H2,1-2H3,(H,17,18)/b16-10+. The first-order valence-electron chi connectivity index (χ1n) is 6.28. The van der Waals surface area contributed by atoms with Gasteiger partial charge in [-0.15, -0.1) is 0 Å². The van der Waals surface area contributed by atoms with Crippen LogP contribution in [0.5, 0.6) is 5.75 Å². The van der Waals surface area contributed by atoms with E-state index in [1.807, 2.05) is 13.8 Å². The Balaban J connectivity index is 1.79. The highest BCUT2D eigenvalue weighted by Crippen LogP contribution is 2.30. The number of nitrogens with zero attached hydrogens (tertiary/aromatic N) is 1. The minimum Gasteiger partial charge on any atom is -0.484 e. The summed E-state index contributed by atoms with van der Waals surface area (Å²) in [4.78, 5) is 11.5. The Hall–Kier alpha value is -1.55. The molecule has 0 bridgehead atoms. The molecule has 1 aromatic rings. The van der Waals surface area contributed by atoms with Gasteiger partial charge in [0.1, 0.15) is 5.75 Å². The minimum absolute atomic E-state index is 0.0531. The molecule has 0 atom stereocenters. The van der Waals surface area contributed by atoms with Gasteiger partial charge >= 0.3 is 0 Å². The number of benzene rings is 1. The Kier molecular flexibility index (Phi) is 4.43. The van der Waals surface area contributed by atoms with Gasteiger partial charge in [0.15, 0.2) is 6.61 Å². The molecule has 1 amide bonds. The van der Waals surface area contributed by atoms with Gasteiger partial charge in [-0.25, -0.2) is 5.43 Å². The maximum Gasteiger partial charge on any atom is 0.277 e. The zero-order chi connectivity index (χ0) is 13.8. The van der Waals surface area contributed by atoms with Gasteiger partial charge in [0, 0.05) is 10.7 Å². The van der Waals surface area contributed by atoms with Crippen molar-refractivity contribution in [1.82, 2.24) is 5.43 Å². The van der Waals surface area contributed by atoms with E-state index >= 15 is 0 Å². The van der Waals surface area contributed by atoms with Crippen LogP contribution in [0.1, 0.15) is 25.3 Å². The summed E-state index contributed by atoms with van der Waals surface area (Å²) in [5.41, 5.74) is 4.40. The van der Waals surface area contributed by atoms with E-state index in [1.165, 1.54) is 12.8 Å². The first kappa shape index (κ1) is 13.9. The zero-order valence-corrected chi connectivity index (χ0v) is 11.8. The number of nitrogens with one attached hydrogen (secondary N) is 1. The van der Waals surface area contributed by atoms with E-state index < -0.39 is 0 Å². The fourth-order valence-electron chi connectivity index (χ4n) is 1.63. The summed E-state index contributed by atoms with van der Waals surface area (Å²) in [6.45, 7) is 3.77. The molecule has 4 nitrogen and oxygen atoms in total. The Morgan fingerprint density at radius 3 is 2.89 bits per heavy atom. The quantitative estimate of drug-likeness (QED) is 0.666. The Labute approximate surface area is 117 Å². The number of hydrazone groups is 1. The van der Waals surface area contributed by atoms with Crippen molar-refractivity contribution in [3.05, 3.63) is 28.8 Å². The molecule has 1 N–H and O–H groups in total. The molecule has 0 radical (unpaired) electrons. The van der Waals surface area contributed by atoms with Gasteiger partial charge in [0.25, 0.3) is 5.91 Å². The van der Waals surface area contributed by atoms with Crippen LogP contribution in [0.25, 0.3) is 0 Å². The predicted molar refractivity (Wildman–Crippen MR) is 75.7 cm³/mol. The van der Waals surface area contributed by atoms with Crippen molar-refractivity contribution in [2.24, 2.45) is 11.0 Å². The fraction of sp³-hybridized carbons (Fsp3) is 0.429. The Morgan fingerprint density at radius 1 is 1.53 bits per heavy atom. The molecule has 1 aromatic carbocycles. The van der Waals surface area contributed by atoms with Crippen LogP contribution in [0.15, 0.2) is 23.3 Å². The Bertz CT molecular complexity index is 510. The second kappa shape index (κ2) is 6.06. The van der Waals surface area contributed by atoms with E-state index in [0.29, 0.717) is 16.7 Å². The van der Waals surface area contributed by atoms with E-state index in [-0.39, 0.29) is 12.5 Å². The van der Waals surface area contributed by atoms with Gasteiger partial charge in [0.2, 0.25) is 0 Å². The van der Waals surface area contributed by atoms with Crippen molar-refractivity contribution in [2.45, 2.75) is 26.7 Å². The topological polar surface area (TPSA) is 50.7 Å². The van der Waals surface area contributed by atoms with E-state index in [9.17, 15) is 4.79 Å². The summed E-state index contributed by atoms with van der Waals surface area (Å²) < 4.78 is 5.37. The molecule has 1 saturated carbocycles. The normalized spacial score (nSPS) is 15.2. The van der Waals surface area contributed by atoms with Crippen molar-refractivity contribution in [1.29, 1.82) is 0 Å². The molecule has 1 aliphatic rings. The fourth-order valence-corrected chi connectivity index (χ4v) is 1.75. The third-order valence-electron chi connectivity index (χ3n) is 3.02. The molecular weight excluding hydrogens is 264 g/mol. The maximum absolute atomic E-state index is 11.5. The molecule has 0 spiro atoms. The summed E-state index contributed by atoms with van der Waals surface area (Å²) in [6.07, 6.45) is 2.34. The molecule has 5 heteroatoms. The van der Waals surface area contributed by atoms with Crippen LogP contribution in [0.3, 0.4) is 0 Å². The number of aryl methyl sites for hydroxylation is 1. The Morgan fingerprint density at radius 2 is 2.26 bits per heavy atom. The average Bonchev–Trinajstić information content (AvgIpc) is 3.21. The summed E-state index contributed by atoms with van der Waals surface area (Å²) in [5, 5.41) is 4.73. The van der Waals surface area contributed by atoms with Gasteiger partial charge in [0.05, 0.1) is 0 Å². The number of hydrogen-bond donors (Lipinski definition) is 1. The first-order chi connectivity index (χ1) is 9.06. The van der Waals surface area contributed by atoms with Crippen molar-refractivity contribution in [3.63, 3.8) is 0 Å². The van der Waals surface area contributed by atoms with Crippen LogP contribution in [0, 0.1) is 12.8 Å². The number of rotatable bonds is 5.